The fourth-order valence-corrected chi connectivity index (χ4v) is 1.78. The van der Waals surface area contributed by atoms with Crippen LogP contribution in [0.15, 0.2) is 24.3 Å². The molecule has 2 atom stereocenters. The van der Waals surface area contributed by atoms with E-state index in [1.807, 2.05) is 19.1 Å². The van der Waals surface area contributed by atoms with E-state index >= 15 is 0 Å². The number of ether oxygens (including phenoxy) is 1. The molecule has 1 rings (SSSR count). The van der Waals surface area contributed by atoms with Crippen molar-refractivity contribution >= 4 is 11.9 Å². The molecule has 1 amide bonds. The molecule has 1 unspecified atom stereocenters. The lowest BCUT2D eigenvalue weighted by Gasteiger charge is -2.28. The van der Waals surface area contributed by atoms with Crippen molar-refractivity contribution in [2.75, 3.05) is 0 Å². The molecule has 1 aromatic rings. The quantitative estimate of drug-likeness (QED) is 0.874. The summed E-state index contributed by atoms with van der Waals surface area (Å²) in [6.07, 6.45) is -0.767. The maximum absolute atomic E-state index is 12.1. The molecule has 0 spiro atoms. The topological polar surface area (TPSA) is 75.6 Å². The van der Waals surface area contributed by atoms with Gasteiger partial charge in [0.25, 0.3) is 5.91 Å². The molecule has 0 aromatic heterocycles. The van der Waals surface area contributed by atoms with Crippen LogP contribution in [-0.2, 0) is 9.59 Å². The molecule has 1 aromatic carbocycles. The summed E-state index contributed by atoms with van der Waals surface area (Å²) in [5.74, 6) is -0.929. The van der Waals surface area contributed by atoms with E-state index in [2.05, 4.69) is 5.32 Å². The molecular weight excluding hydrogens is 270 g/mol. The maximum atomic E-state index is 12.1. The Bertz CT molecular complexity index is 502. The summed E-state index contributed by atoms with van der Waals surface area (Å²) in [6.45, 7) is 8.84. The Balaban J connectivity index is 2.69. The lowest BCUT2D eigenvalue weighted by Crippen LogP contribution is -2.52. The molecule has 0 aliphatic rings. The first-order chi connectivity index (χ1) is 9.61. The molecule has 0 saturated carbocycles. The van der Waals surface area contributed by atoms with Crippen LogP contribution in [0.2, 0.25) is 0 Å². The number of aliphatic carboxylic acids is 1. The van der Waals surface area contributed by atoms with Crippen LogP contribution in [0.5, 0.6) is 5.75 Å². The van der Waals surface area contributed by atoms with Crippen molar-refractivity contribution in [2.45, 2.75) is 46.8 Å². The molecule has 21 heavy (non-hydrogen) atoms. The van der Waals surface area contributed by atoms with Gasteiger partial charge in [-0.1, -0.05) is 38.5 Å². The molecular formula is C16H23NO4. The zero-order valence-electron chi connectivity index (χ0n) is 13.1. The molecule has 0 bridgehead atoms. The van der Waals surface area contributed by atoms with Crippen molar-refractivity contribution in [3.05, 3.63) is 29.8 Å². The van der Waals surface area contributed by atoms with E-state index in [0.717, 1.165) is 5.56 Å². The van der Waals surface area contributed by atoms with Gasteiger partial charge in [-0.3, -0.25) is 4.79 Å². The van der Waals surface area contributed by atoms with Crippen molar-refractivity contribution < 1.29 is 19.4 Å². The minimum Gasteiger partial charge on any atom is -0.481 e. The molecule has 0 radical (unpaired) electrons. The highest BCUT2D eigenvalue weighted by Gasteiger charge is 2.33. The minimum absolute atomic E-state index is 0.446. The van der Waals surface area contributed by atoms with E-state index in [-0.39, 0.29) is 0 Å². The Morgan fingerprint density at radius 2 is 1.71 bits per heavy atom. The van der Waals surface area contributed by atoms with E-state index < -0.39 is 29.4 Å². The van der Waals surface area contributed by atoms with Crippen LogP contribution in [0.25, 0.3) is 0 Å². The van der Waals surface area contributed by atoms with E-state index in [1.54, 1.807) is 39.8 Å². The molecule has 0 heterocycles. The summed E-state index contributed by atoms with van der Waals surface area (Å²) in [4.78, 5) is 23.3. The highest BCUT2D eigenvalue weighted by molar-refractivity contribution is 5.86. The zero-order chi connectivity index (χ0) is 16.2. The average Bonchev–Trinajstić information content (AvgIpc) is 2.36. The number of carbonyl (C=O) groups excluding carboxylic acids is 1. The Labute approximate surface area is 125 Å². The highest BCUT2D eigenvalue weighted by Crippen LogP contribution is 2.20. The maximum Gasteiger partial charge on any atom is 0.326 e. The summed E-state index contributed by atoms with van der Waals surface area (Å²) in [5, 5.41) is 11.7. The summed E-state index contributed by atoms with van der Waals surface area (Å²) in [7, 11) is 0. The van der Waals surface area contributed by atoms with Gasteiger partial charge >= 0.3 is 5.97 Å². The largest absolute Gasteiger partial charge is 0.481 e. The van der Waals surface area contributed by atoms with Crippen molar-refractivity contribution in [2.24, 2.45) is 5.41 Å². The number of hydrogen-bond donors (Lipinski definition) is 2. The lowest BCUT2D eigenvalue weighted by atomic mass is 9.86. The number of aryl methyl sites for hydroxylation is 1. The second kappa shape index (κ2) is 6.61. The average molecular weight is 293 g/mol. The fraction of sp³-hybridized carbons (Fsp3) is 0.500. The van der Waals surface area contributed by atoms with Crippen LogP contribution < -0.4 is 10.1 Å². The molecule has 0 aliphatic carbocycles. The van der Waals surface area contributed by atoms with Gasteiger partial charge in [-0.15, -0.1) is 0 Å². The predicted octanol–water partition coefficient (Wildman–Crippen LogP) is 2.38. The number of rotatable bonds is 5. The Morgan fingerprint density at radius 1 is 1.19 bits per heavy atom. The zero-order valence-corrected chi connectivity index (χ0v) is 13.1. The molecule has 5 nitrogen and oxygen atoms in total. The Morgan fingerprint density at radius 3 is 2.14 bits per heavy atom. The van der Waals surface area contributed by atoms with Gasteiger partial charge in [-0.05, 0) is 31.4 Å². The molecule has 5 heteroatoms. The van der Waals surface area contributed by atoms with E-state index in [1.165, 1.54) is 0 Å². The van der Waals surface area contributed by atoms with Gasteiger partial charge in [-0.25, -0.2) is 4.79 Å². The second-order valence-electron chi connectivity index (χ2n) is 6.22. The third-order valence-corrected chi connectivity index (χ3v) is 3.10. The van der Waals surface area contributed by atoms with Crippen molar-refractivity contribution in [3.63, 3.8) is 0 Å². The third kappa shape index (κ3) is 5.10. The smallest absolute Gasteiger partial charge is 0.326 e. The second-order valence-corrected chi connectivity index (χ2v) is 6.22. The highest BCUT2D eigenvalue weighted by atomic mass is 16.5. The third-order valence-electron chi connectivity index (χ3n) is 3.10. The first kappa shape index (κ1) is 17.0. The number of amides is 1. The summed E-state index contributed by atoms with van der Waals surface area (Å²) in [5.41, 5.74) is 0.517. The number of carbonyl (C=O) groups is 2. The van der Waals surface area contributed by atoms with E-state index in [0.29, 0.717) is 5.75 Å². The van der Waals surface area contributed by atoms with Crippen LogP contribution in [0.3, 0.4) is 0 Å². The summed E-state index contributed by atoms with van der Waals surface area (Å²) < 4.78 is 5.52. The molecule has 0 fully saturated rings. The lowest BCUT2D eigenvalue weighted by molar-refractivity contribution is -0.146. The van der Waals surface area contributed by atoms with E-state index in [4.69, 9.17) is 4.74 Å². The Kier molecular flexibility index (Phi) is 5.35. The van der Waals surface area contributed by atoms with Gasteiger partial charge in [0.15, 0.2) is 6.10 Å². The Hall–Kier alpha value is -2.04. The van der Waals surface area contributed by atoms with Crippen molar-refractivity contribution in [1.29, 1.82) is 0 Å². The van der Waals surface area contributed by atoms with Gasteiger partial charge in [0, 0.05) is 0 Å². The van der Waals surface area contributed by atoms with Crippen molar-refractivity contribution in [3.8, 4) is 5.75 Å². The number of benzene rings is 1. The van der Waals surface area contributed by atoms with Crippen LogP contribution in [0.1, 0.15) is 33.3 Å². The normalized spacial score (nSPS) is 14.1. The number of carboxylic acid groups (broad SMARTS) is 1. The van der Waals surface area contributed by atoms with Crippen LogP contribution in [0, 0.1) is 12.3 Å². The van der Waals surface area contributed by atoms with Gasteiger partial charge in [0.1, 0.15) is 11.8 Å². The number of hydrogen-bond acceptors (Lipinski definition) is 3. The van der Waals surface area contributed by atoms with Gasteiger partial charge < -0.3 is 15.2 Å². The standard InChI is InChI=1S/C16H23NO4/c1-10-6-8-12(9-7-10)21-11(2)14(18)17-13(15(19)20)16(3,4)5/h6-9,11,13H,1-5H3,(H,17,18)(H,19,20)/t11?,13-/m1/s1. The minimum atomic E-state index is -1.06. The first-order valence-corrected chi connectivity index (χ1v) is 6.88. The molecule has 0 aliphatic heterocycles. The fourth-order valence-electron chi connectivity index (χ4n) is 1.78. The monoisotopic (exact) mass is 293 g/mol. The number of nitrogens with one attached hydrogen (secondary N) is 1. The van der Waals surface area contributed by atoms with Crippen LogP contribution in [0.4, 0.5) is 0 Å². The molecule has 116 valence electrons. The number of carboxylic acids is 1. The first-order valence-electron chi connectivity index (χ1n) is 6.88. The summed E-state index contributed by atoms with van der Waals surface area (Å²) in [6, 6.07) is 6.36. The van der Waals surface area contributed by atoms with Gasteiger partial charge in [0.2, 0.25) is 0 Å². The van der Waals surface area contributed by atoms with Gasteiger partial charge in [0.05, 0.1) is 0 Å². The molecule has 0 saturated heterocycles. The van der Waals surface area contributed by atoms with Gasteiger partial charge in [-0.2, -0.15) is 0 Å². The predicted molar refractivity (Wildman–Crippen MR) is 80.3 cm³/mol. The SMILES string of the molecule is Cc1ccc(OC(C)C(=O)N[C@H](C(=O)O)C(C)(C)C)cc1. The van der Waals surface area contributed by atoms with Crippen molar-refractivity contribution in [1.82, 2.24) is 5.32 Å². The van der Waals surface area contributed by atoms with Crippen LogP contribution >= 0.6 is 0 Å². The van der Waals surface area contributed by atoms with E-state index in [9.17, 15) is 14.7 Å². The molecule has 2 N–H and O–H groups in total. The summed E-state index contributed by atoms with van der Waals surface area (Å²) >= 11 is 0. The van der Waals surface area contributed by atoms with Crippen LogP contribution in [-0.4, -0.2) is 29.1 Å².